The zero-order valence-corrected chi connectivity index (χ0v) is 6.98. The summed E-state index contributed by atoms with van der Waals surface area (Å²) in [7, 11) is 1.87. The Balaban J connectivity index is 2.57. The van der Waals surface area contributed by atoms with Crippen molar-refractivity contribution in [3.05, 3.63) is 0 Å². The molecule has 2 nitrogen and oxygen atoms in total. The molecule has 1 amide bonds. The number of hydrogen-bond donors (Lipinski definition) is 0. The maximum absolute atomic E-state index is 11.1. The van der Waals surface area contributed by atoms with E-state index in [0.29, 0.717) is 6.42 Å². The van der Waals surface area contributed by atoms with E-state index in [4.69, 9.17) is 0 Å². The van der Waals surface area contributed by atoms with Gasteiger partial charge in [-0.2, -0.15) is 0 Å². The van der Waals surface area contributed by atoms with Gasteiger partial charge in [0.25, 0.3) is 0 Å². The molecule has 0 saturated carbocycles. The number of amides is 1. The van der Waals surface area contributed by atoms with Crippen molar-refractivity contribution in [2.75, 3.05) is 13.6 Å². The molecular formula is C8H15NO. The maximum atomic E-state index is 11.1. The molecule has 2 heteroatoms. The summed E-state index contributed by atoms with van der Waals surface area (Å²) in [5.41, 5.74) is 0.240. The standard InChI is InChI=1S/C8H15NO/c1-8(2)4-5-9(3)7(10)6-8/h4-6H2,1-3H3. The Morgan fingerprint density at radius 3 is 2.50 bits per heavy atom. The highest BCUT2D eigenvalue weighted by atomic mass is 16.2. The Morgan fingerprint density at radius 2 is 2.10 bits per heavy atom. The number of carbonyl (C=O) groups excluding carboxylic acids is 1. The van der Waals surface area contributed by atoms with Crippen molar-refractivity contribution in [2.24, 2.45) is 5.41 Å². The first-order valence-corrected chi connectivity index (χ1v) is 3.75. The Bertz CT molecular complexity index is 151. The molecule has 1 heterocycles. The molecule has 0 spiro atoms. The Labute approximate surface area is 62.2 Å². The van der Waals surface area contributed by atoms with E-state index >= 15 is 0 Å². The van der Waals surface area contributed by atoms with Gasteiger partial charge in [0.05, 0.1) is 0 Å². The van der Waals surface area contributed by atoms with Crippen LogP contribution in [0.5, 0.6) is 0 Å². The molecule has 0 aromatic carbocycles. The van der Waals surface area contributed by atoms with Crippen molar-refractivity contribution in [3.63, 3.8) is 0 Å². The average Bonchev–Trinajstić information content (AvgIpc) is 1.79. The van der Waals surface area contributed by atoms with Crippen molar-refractivity contribution in [3.8, 4) is 0 Å². The Kier molecular flexibility index (Phi) is 1.71. The highest BCUT2D eigenvalue weighted by molar-refractivity contribution is 5.77. The maximum Gasteiger partial charge on any atom is 0.222 e. The monoisotopic (exact) mass is 141 g/mol. The molecule has 0 N–H and O–H groups in total. The lowest BCUT2D eigenvalue weighted by Gasteiger charge is -2.34. The van der Waals surface area contributed by atoms with Gasteiger partial charge in [-0.15, -0.1) is 0 Å². The fourth-order valence-corrected chi connectivity index (χ4v) is 1.23. The van der Waals surface area contributed by atoms with Gasteiger partial charge in [0.1, 0.15) is 0 Å². The largest absolute Gasteiger partial charge is 0.346 e. The highest BCUT2D eigenvalue weighted by Crippen LogP contribution is 2.29. The summed E-state index contributed by atoms with van der Waals surface area (Å²) >= 11 is 0. The molecule has 1 aliphatic rings. The second-order valence-electron chi connectivity index (χ2n) is 3.91. The molecule has 0 radical (unpaired) electrons. The lowest BCUT2D eigenvalue weighted by atomic mass is 9.82. The summed E-state index contributed by atoms with van der Waals surface area (Å²) < 4.78 is 0. The van der Waals surface area contributed by atoms with Crippen LogP contribution >= 0.6 is 0 Å². The molecule has 1 saturated heterocycles. The third-order valence-corrected chi connectivity index (χ3v) is 2.18. The van der Waals surface area contributed by atoms with E-state index in [1.165, 1.54) is 0 Å². The van der Waals surface area contributed by atoms with Crippen LogP contribution in [-0.2, 0) is 4.79 Å². The molecule has 0 bridgehead atoms. The van der Waals surface area contributed by atoms with Crippen LogP contribution in [0, 0.1) is 5.41 Å². The predicted octanol–water partition coefficient (Wildman–Crippen LogP) is 1.26. The molecule has 10 heavy (non-hydrogen) atoms. The first-order valence-electron chi connectivity index (χ1n) is 3.75. The Hall–Kier alpha value is -0.530. The van der Waals surface area contributed by atoms with Gasteiger partial charge in [-0.3, -0.25) is 4.79 Å². The van der Waals surface area contributed by atoms with Crippen molar-refractivity contribution >= 4 is 5.91 Å². The van der Waals surface area contributed by atoms with Crippen molar-refractivity contribution in [1.29, 1.82) is 0 Å². The first kappa shape index (κ1) is 7.58. The van der Waals surface area contributed by atoms with Crippen LogP contribution < -0.4 is 0 Å². The summed E-state index contributed by atoms with van der Waals surface area (Å²) in [6.07, 6.45) is 1.85. The van der Waals surface area contributed by atoms with Gasteiger partial charge in [0, 0.05) is 20.0 Å². The van der Waals surface area contributed by atoms with Gasteiger partial charge in [-0.05, 0) is 11.8 Å². The zero-order chi connectivity index (χ0) is 7.78. The smallest absolute Gasteiger partial charge is 0.222 e. The molecule has 0 unspecified atom stereocenters. The van der Waals surface area contributed by atoms with E-state index in [-0.39, 0.29) is 11.3 Å². The highest BCUT2D eigenvalue weighted by Gasteiger charge is 2.28. The molecule has 0 atom stereocenters. The number of hydrogen-bond acceptors (Lipinski definition) is 1. The number of likely N-dealkylation sites (tertiary alicyclic amines) is 1. The Morgan fingerprint density at radius 1 is 1.50 bits per heavy atom. The quantitative estimate of drug-likeness (QED) is 0.497. The lowest BCUT2D eigenvalue weighted by Crippen LogP contribution is -2.39. The molecule has 0 aromatic heterocycles. The molecule has 0 aliphatic carbocycles. The van der Waals surface area contributed by atoms with Gasteiger partial charge < -0.3 is 4.90 Å². The van der Waals surface area contributed by atoms with Crippen LogP contribution in [0.1, 0.15) is 26.7 Å². The molecule has 0 aromatic rings. The van der Waals surface area contributed by atoms with Crippen molar-refractivity contribution < 1.29 is 4.79 Å². The molecule has 1 rings (SSSR count). The van der Waals surface area contributed by atoms with E-state index < -0.39 is 0 Å². The van der Waals surface area contributed by atoms with Crippen molar-refractivity contribution in [2.45, 2.75) is 26.7 Å². The van der Waals surface area contributed by atoms with Crippen LogP contribution in [-0.4, -0.2) is 24.4 Å². The van der Waals surface area contributed by atoms with E-state index in [1.807, 2.05) is 11.9 Å². The fourth-order valence-electron chi connectivity index (χ4n) is 1.23. The van der Waals surface area contributed by atoms with Crippen LogP contribution in [0.4, 0.5) is 0 Å². The van der Waals surface area contributed by atoms with E-state index in [0.717, 1.165) is 13.0 Å². The van der Waals surface area contributed by atoms with Gasteiger partial charge >= 0.3 is 0 Å². The number of nitrogens with zero attached hydrogens (tertiary/aromatic N) is 1. The minimum Gasteiger partial charge on any atom is -0.346 e. The van der Waals surface area contributed by atoms with Gasteiger partial charge in [-0.1, -0.05) is 13.8 Å². The van der Waals surface area contributed by atoms with Gasteiger partial charge in [-0.25, -0.2) is 0 Å². The van der Waals surface area contributed by atoms with Crippen LogP contribution in [0.15, 0.2) is 0 Å². The van der Waals surface area contributed by atoms with Crippen LogP contribution in [0.2, 0.25) is 0 Å². The minimum atomic E-state index is 0.240. The third kappa shape index (κ3) is 1.49. The molecule has 1 fully saturated rings. The lowest BCUT2D eigenvalue weighted by molar-refractivity contribution is -0.135. The minimum absolute atomic E-state index is 0.240. The van der Waals surface area contributed by atoms with Gasteiger partial charge in [0.2, 0.25) is 5.91 Å². The fraction of sp³-hybridized carbons (Fsp3) is 0.875. The van der Waals surface area contributed by atoms with Crippen LogP contribution in [0.25, 0.3) is 0 Å². The summed E-state index contributed by atoms with van der Waals surface area (Å²) in [5.74, 6) is 0.288. The zero-order valence-electron chi connectivity index (χ0n) is 6.98. The number of carbonyl (C=O) groups is 1. The molecule has 1 aliphatic heterocycles. The SMILES string of the molecule is CN1CCC(C)(C)CC1=O. The number of rotatable bonds is 0. The summed E-state index contributed by atoms with van der Waals surface area (Å²) in [6.45, 7) is 5.22. The summed E-state index contributed by atoms with van der Waals surface area (Å²) in [6, 6.07) is 0. The van der Waals surface area contributed by atoms with E-state index in [9.17, 15) is 4.79 Å². The summed E-state index contributed by atoms with van der Waals surface area (Å²) in [5, 5.41) is 0. The first-order chi connectivity index (χ1) is 4.51. The second-order valence-corrected chi connectivity index (χ2v) is 3.91. The van der Waals surface area contributed by atoms with E-state index in [1.54, 1.807) is 0 Å². The molecular weight excluding hydrogens is 126 g/mol. The normalized spacial score (nSPS) is 25.1. The topological polar surface area (TPSA) is 20.3 Å². The van der Waals surface area contributed by atoms with Gasteiger partial charge in [0.15, 0.2) is 0 Å². The number of piperidine rings is 1. The molecule has 58 valence electrons. The van der Waals surface area contributed by atoms with Crippen molar-refractivity contribution in [1.82, 2.24) is 4.90 Å². The predicted molar refractivity (Wildman–Crippen MR) is 40.7 cm³/mol. The summed E-state index contributed by atoms with van der Waals surface area (Å²) in [4.78, 5) is 12.9. The third-order valence-electron chi connectivity index (χ3n) is 2.18. The van der Waals surface area contributed by atoms with E-state index in [2.05, 4.69) is 13.8 Å². The van der Waals surface area contributed by atoms with Crippen LogP contribution in [0.3, 0.4) is 0 Å². The second kappa shape index (κ2) is 2.26. The average molecular weight is 141 g/mol.